The molecule has 2 N–H and O–H groups in total. The summed E-state index contributed by atoms with van der Waals surface area (Å²) in [6, 6.07) is 4.12. The maximum absolute atomic E-state index is 14.8. The standard InChI is InChI=1S/C17H22F3N5O5S/c1-31(28,29)25-7-6-23(5-4-22-25)14-3-2-11(8-13(14)18)24-10-12(30-17(24)27)9-21-16(26)15(19)20/h2-3,8,12,15,22H,4-7,9-10H2,1H3,(H,21,26). The zero-order chi connectivity index (χ0) is 22.8. The Morgan fingerprint density at radius 1 is 1.32 bits per heavy atom. The summed E-state index contributed by atoms with van der Waals surface area (Å²) in [4.78, 5) is 25.9. The molecule has 2 amide bonds. The van der Waals surface area contributed by atoms with Gasteiger partial charge in [-0.05, 0) is 18.2 Å². The van der Waals surface area contributed by atoms with E-state index in [1.54, 1.807) is 4.90 Å². The third kappa shape index (κ3) is 5.57. The lowest BCUT2D eigenvalue weighted by Gasteiger charge is -2.24. The molecule has 0 bridgehead atoms. The normalized spacial score (nSPS) is 20.7. The lowest BCUT2D eigenvalue weighted by molar-refractivity contribution is -0.132. The molecule has 0 aromatic heterocycles. The Balaban J connectivity index is 1.65. The molecule has 2 saturated heterocycles. The molecule has 1 aromatic carbocycles. The van der Waals surface area contributed by atoms with Gasteiger partial charge in [-0.25, -0.2) is 23.0 Å². The van der Waals surface area contributed by atoms with Crippen LogP contribution in [0.2, 0.25) is 0 Å². The van der Waals surface area contributed by atoms with Crippen LogP contribution in [0.25, 0.3) is 0 Å². The number of nitrogens with one attached hydrogen (secondary N) is 2. The number of hydrazine groups is 1. The number of carbonyl (C=O) groups excluding carboxylic acids is 2. The van der Waals surface area contributed by atoms with Crippen molar-refractivity contribution in [2.24, 2.45) is 0 Å². The predicted molar refractivity (Wildman–Crippen MR) is 105 cm³/mol. The van der Waals surface area contributed by atoms with Crippen LogP contribution >= 0.6 is 0 Å². The van der Waals surface area contributed by atoms with Gasteiger partial charge in [0.15, 0.2) is 0 Å². The molecule has 3 rings (SSSR count). The van der Waals surface area contributed by atoms with Crippen LogP contribution in [0, 0.1) is 5.82 Å². The smallest absolute Gasteiger partial charge is 0.414 e. The summed E-state index contributed by atoms with van der Waals surface area (Å²) in [5.74, 6) is -2.08. The summed E-state index contributed by atoms with van der Waals surface area (Å²) in [6.45, 7) is 0.707. The molecule has 1 aromatic rings. The maximum Gasteiger partial charge on any atom is 0.414 e. The molecule has 14 heteroatoms. The molecule has 2 heterocycles. The van der Waals surface area contributed by atoms with Gasteiger partial charge in [0, 0.05) is 26.2 Å². The van der Waals surface area contributed by atoms with E-state index in [0.29, 0.717) is 13.1 Å². The Bertz CT molecular complexity index is 948. The molecule has 0 spiro atoms. The highest BCUT2D eigenvalue weighted by molar-refractivity contribution is 7.88. The summed E-state index contributed by atoms with van der Waals surface area (Å²) in [7, 11) is -3.43. The number of cyclic esters (lactones) is 1. The molecular formula is C17H22F3N5O5S. The van der Waals surface area contributed by atoms with E-state index >= 15 is 0 Å². The van der Waals surface area contributed by atoms with Crippen molar-refractivity contribution < 1.29 is 35.9 Å². The van der Waals surface area contributed by atoms with Gasteiger partial charge in [0.2, 0.25) is 10.0 Å². The van der Waals surface area contributed by atoms with E-state index < -0.39 is 40.4 Å². The highest BCUT2D eigenvalue weighted by atomic mass is 32.2. The van der Waals surface area contributed by atoms with E-state index in [-0.39, 0.29) is 37.6 Å². The quantitative estimate of drug-likeness (QED) is 0.614. The second-order valence-electron chi connectivity index (χ2n) is 7.03. The maximum atomic E-state index is 14.8. The van der Waals surface area contributed by atoms with Crippen molar-refractivity contribution in [1.82, 2.24) is 15.2 Å². The van der Waals surface area contributed by atoms with Crippen LogP contribution in [0.1, 0.15) is 0 Å². The van der Waals surface area contributed by atoms with Crippen LogP contribution in [-0.4, -0.2) is 82.9 Å². The number of anilines is 2. The average molecular weight is 465 g/mol. The molecule has 10 nitrogen and oxygen atoms in total. The third-order valence-corrected chi connectivity index (χ3v) is 5.92. The van der Waals surface area contributed by atoms with Gasteiger partial charge in [0.1, 0.15) is 11.9 Å². The summed E-state index contributed by atoms with van der Waals surface area (Å²) in [5, 5.41) is 1.97. The van der Waals surface area contributed by atoms with Crippen LogP contribution < -0.4 is 20.5 Å². The molecule has 172 valence electrons. The molecule has 0 aliphatic carbocycles. The second kappa shape index (κ2) is 9.28. The minimum atomic E-state index is -3.43. The Morgan fingerprint density at radius 3 is 2.71 bits per heavy atom. The fourth-order valence-electron chi connectivity index (χ4n) is 3.29. The molecule has 2 fully saturated rings. The van der Waals surface area contributed by atoms with Crippen molar-refractivity contribution in [3.8, 4) is 0 Å². The molecule has 31 heavy (non-hydrogen) atoms. The monoisotopic (exact) mass is 465 g/mol. The van der Waals surface area contributed by atoms with Gasteiger partial charge in [0.05, 0.1) is 30.7 Å². The average Bonchev–Trinajstić information content (AvgIpc) is 2.89. The van der Waals surface area contributed by atoms with E-state index in [2.05, 4.69) is 5.43 Å². The number of alkyl halides is 2. The Morgan fingerprint density at radius 2 is 2.06 bits per heavy atom. The number of hydrogen-bond acceptors (Lipinski definition) is 7. The number of hydrogen-bond donors (Lipinski definition) is 2. The van der Waals surface area contributed by atoms with Gasteiger partial charge in [-0.1, -0.05) is 0 Å². The van der Waals surface area contributed by atoms with Gasteiger partial charge in [-0.3, -0.25) is 9.69 Å². The van der Waals surface area contributed by atoms with Crippen LogP contribution in [0.3, 0.4) is 0 Å². The van der Waals surface area contributed by atoms with Gasteiger partial charge in [-0.2, -0.15) is 8.78 Å². The first-order valence-electron chi connectivity index (χ1n) is 9.36. The number of rotatable bonds is 6. The minimum absolute atomic E-state index is 0.0436. The molecule has 0 radical (unpaired) electrons. The van der Waals surface area contributed by atoms with Crippen LogP contribution in [0.4, 0.5) is 29.3 Å². The largest absolute Gasteiger partial charge is 0.442 e. The van der Waals surface area contributed by atoms with Crippen LogP contribution in [0.15, 0.2) is 18.2 Å². The lowest BCUT2D eigenvalue weighted by atomic mass is 10.2. The fraction of sp³-hybridized carbons (Fsp3) is 0.529. The number of benzene rings is 1. The highest BCUT2D eigenvalue weighted by Gasteiger charge is 2.33. The van der Waals surface area contributed by atoms with Crippen molar-refractivity contribution in [3.63, 3.8) is 0 Å². The van der Waals surface area contributed by atoms with E-state index in [1.807, 2.05) is 5.32 Å². The molecule has 1 unspecified atom stereocenters. The Kier molecular flexibility index (Phi) is 6.91. The van der Waals surface area contributed by atoms with Gasteiger partial charge < -0.3 is 15.0 Å². The van der Waals surface area contributed by atoms with Crippen molar-refractivity contribution in [2.45, 2.75) is 12.5 Å². The predicted octanol–water partition coefficient (Wildman–Crippen LogP) is 0.118. The SMILES string of the molecule is CS(=O)(=O)N1CCN(c2ccc(N3CC(CNC(=O)C(F)F)OC3=O)cc2F)CCN1. The molecular weight excluding hydrogens is 443 g/mol. The number of halogens is 3. The Hall–Kier alpha value is -2.58. The number of amides is 2. The summed E-state index contributed by atoms with van der Waals surface area (Å²) in [5.41, 5.74) is 3.22. The first-order valence-corrected chi connectivity index (χ1v) is 11.2. The molecule has 2 aliphatic heterocycles. The number of nitrogens with zero attached hydrogens (tertiary/aromatic N) is 3. The fourth-order valence-corrected chi connectivity index (χ4v) is 4.03. The van der Waals surface area contributed by atoms with Crippen molar-refractivity contribution in [2.75, 3.05) is 55.3 Å². The van der Waals surface area contributed by atoms with E-state index in [0.717, 1.165) is 21.6 Å². The van der Waals surface area contributed by atoms with Gasteiger partial charge >= 0.3 is 12.5 Å². The zero-order valence-electron chi connectivity index (χ0n) is 16.6. The zero-order valence-corrected chi connectivity index (χ0v) is 17.4. The third-order valence-electron chi connectivity index (χ3n) is 4.80. The van der Waals surface area contributed by atoms with Crippen molar-refractivity contribution in [1.29, 1.82) is 0 Å². The minimum Gasteiger partial charge on any atom is -0.442 e. The first-order chi connectivity index (χ1) is 14.6. The number of sulfonamides is 1. The van der Waals surface area contributed by atoms with Crippen LogP contribution in [0.5, 0.6) is 0 Å². The summed E-state index contributed by atoms with van der Waals surface area (Å²) < 4.78 is 68.8. The van der Waals surface area contributed by atoms with Gasteiger partial charge in [0.25, 0.3) is 5.91 Å². The number of ether oxygens (including phenoxy) is 1. The molecule has 1 atom stereocenters. The van der Waals surface area contributed by atoms with Crippen LogP contribution in [-0.2, 0) is 19.6 Å². The summed E-state index contributed by atoms with van der Waals surface area (Å²) >= 11 is 0. The number of carbonyl (C=O) groups is 2. The first kappa shape index (κ1) is 23.1. The van der Waals surface area contributed by atoms with Crippen molar-refractivity contribution in [3.05, 3.63) is 24.0 Å². The van der Waals surface area contributed by atoms with E-state index in [9.17, 15) is 31.2 Å². The Labute approximate surface area is 176 Å². The highest BCUT2D eigenvalue weighted by Crippen LogP contribution is 2.28. The van der Waals surface area contributed by atoms with E-state index in [1.165, 1.54) is 12.1 Å². The van der Waals surface area contributed by atoms with Crippen molar-refractivity contribution >= 4 is 33.4 Å². The second-order valence-corrected chi connectivity index (χ2v) is 8.94. The van der Waals surface area contributed by atoms with Gasteiger partial charge in [-0.15, -0.1) is 4.41 Å². The molecule has 2 aliphatic rings. The van der Waals surface area contributed by atoms with E-state index in [4.69, 9.17) is 4.74 Å². The molecule has 0 saturated carbocycles. The topological polar surface area (TPSA) is 111 Å². The summed E-state index contributed by atoms with van der Waals surface area (Å²) in [6.07, 6.45) is -3.73. The lowest BCUT2D eigenvalue weighted by Crippen LogP contribution is -2.42.